The molecular formula is C12H14BrN3O. The lowest BCUT2D eigenvalue weighted by Gasteiger charge is -2.19. The smallest absolute Gasteiger partial charge is 0.148 e. The SMILES string of the molecule is CC(C)(N)COc1ccnc2cc(Br)cnc12. The zero-order chi connectivity index (χ0) is 12.5. The third-order valence-electron chi connectivity index (χ3n) is 2.11. The Hall–Kier alpha value is -1.20. The molecule has 0 saturated heterocycles. The van der Waals surface area contributed by atoms with Gasteiger partial charge in [0.15, 0.2) is 0 Å². The molecule has 2 rings (SSSR count). The molecule has 0 amide bonds. The van der Waals surface area contributed by atoms with Crippen LogP contribution in [0.2, 0.25) is 0 Å². The fourth-order valence-electron chi connectivity index (χ4n) is 1.36. The first kappa shape index (κ1) is 12.3. The van der Waals surface area contributed by atoms with Crippen molar-refractivity contribution in [3.05, 3.63) is 29.0 Å². The molecule has 0 fully saturated rings. The monoisotopic (exact) mass is 295 g/mol. The van der Waals surface area contributed by atoms with E-state index in [1.807, 2.05) is 19.9 Å². The van der Waals surface area contributed by atoms with Crippen LogP contribution in [0.5, 0.6) is 5.75 Å². The molecule has 2 N–H and O–H groups in total. The van der Waals surface area contributed by atoms with Gasteiger partial charge in [-0.05, 0) is 35.8 Å². The van der Waals surface area contributed by atoms with E-state index >= 15 is 0 Å². The molecule has 0 unspecified atom stereocenters. The van der Waals surface area contributed by atoms with E-state index in [1.54, 1.807) is 18.5 Å². The third kappa shape index (κ3) is 3.14. The van der Waals surface area contributed by atoms with Crippen molar-refractivity contribution in [3.63, 3.8) is 0 Å². The molecule has 0 bridgehead atoms. The van der Waals surface area contributed by atoms with Crippen LogP contribution in [-0.4, -0.2) is 22.1 Å². The number of aromatic nitrogens is 2. The number of halogens is 1. The van der Waals surface area contributed by atoms with Gasteiger partial charge in [0.1, 0.15) is 17.9 Å². The highest BCUT2D eigenvalue weighted by Crippen LogP contribution is 2.24. The van der Waals surface area contributed by atoms with Crippen molar-refractivity contribution in [1.29, 1.82) is 0 Å². The normalized spacial score (nSPS) is 11.8. The summed E-state index contributed by atoms with van der Waals surface area (Å²) in [4.78, 5) is 8.55. The van der Waals surface area contributed by atoms with E-state index in [-0.39, 0.29) is 5.54 Å². The van der Waals surface area contributed by atoms with Crippen LogP contribution in [-0.2, 0) is 0 Å². The summed E-state index contributed by atoms with van der Waals surface area (Å²) < 4.78 is 6.58. The predicted molar refractivity (Wildman–Crippen MR) is 71.0 cm³/mol. The number of fused-ring (bicyclic) bond motifs is 1. The van der Waals surface area contributed by atoms with Crippen LogP contribution in [0.15, 0.2) is 29.0 Å². The lowest BCUT2D eigenvalue weighted by Crippen LogP contribution is -2.38. The molecular weight excluding hydrogens is 282 g/mol. The summed E-state index contributed by atoms with van der Waals surface area (Å²) in [6, 6.07) is 3.71. The van der Waals surface area contributed by atoms with E-state index in [1.165, 1.54) is 0 Å². The summed E-state index contributed by atoms with van der Waals surface area (Å²) in [5, 5.41) is 0. The lowest BCUT2D eigenvalue weighted by atomic mass is 10.1. The fraction of sp³-hybridized carbons (Fsp3) is 0.333. The Morgan fingerprint density at radius 2 is 2.18 bits per heavy atom. The quantitative estimate of drug-likeness (QED) is 0.945. The summed E-state index contributed by atoms with van der Waals surface area (Å²) in [6.45, 7) is 4.27. The molecule has 0 aliphatic heterocycles. The zero-order valence-electron chi connectivity index (χ0n) is 9.77. The third-order valence-corrected chi connectivity index (χ3v) is 2.54. The molecule has 90 valence electrons. The van der Waals surface area contributed by atoms with Crippen molar-refractivity contribution >= 4 is 27.0 Å². The molecule has 0 aromatic carbocycles. The maximum absolute atomic E-state index is 5.88. The molecule has 2 heterocycles. The van der Waals surface area contributed by atoms with Gasteiger partial charge in [0, 0.05) is 28.5 Å². The molecule has 2 aromatic heterocycles. The average Bonchev–Trinajstić information content (AvgIpc) is 2.24. The topological polar surface area (TPSA) is 61.0 Å². The number of hydrogen-bond donors (Lipinski definition) is 1. The molecule has 0 spiro atoms. The summed E-state index contributed by atoms with van der Waals surface area (Å²) in [5.41, 5.74) is 7.06. The molecule has 5 heteroatoms. The van der Waals surface area contributed by atoms with Crippen LogP contribution < -0.4 is 10.5 Å². The van der Waals surface area contributed by atoms with Crippen LogP contribution in [0, 0.1) is 0 Å². The van der Waals surface area contributed by atoms with Gasteiger partial charge < -0.3 is 10.5 Å². The van der Waals surface area contributed by atoms with Gasteiger partial charge in [0.25, 0.3) is 0 Å². The number of ether oxygens (including phenoxy) is 1. The van der Waals surface area contributed by atoms with Gasteiger partial charge in [-0.3, -0.25) is 4.98 Å². The number of hydrogen-bond acceptors (Lipinski definition) is 4. The van der Waals surface area contributed by atoms with Gasteiger partial charge in [-0.25, -0.2) is 4.98 Å². The van der Waals surface area contributed by atoms with Crippen molar-refractivity contribution in [2.75, 3.05) is 6.61 Å². The molecule has 0 atom stereocenters. The van der Waals surface area contributed by atoms with Crippen LogP contribution in [0.4, 0.5) is 0 Å². The van der Waals surface area contributed by atoms with E-state index in [2.05, 4.69) is 25.9 Å². The largest absolute Gasteiger partial charge is 0.489 e. The first-order valence-electron chi connectivity index (χ1n) is 5.28. The van der Waals surface area contributed by atoms with Crippen molar-refractivity contribution in [2.24, 2.45) is 5.73 Å². The number of nitrogens with zero attached hydrogens (tertiary/aromatic N) is 2. The van der Waals surface area contributed by atoms with Crippen LogP contribution >= 0.6 is 15.9 Å². The van der Waals surface area contributed by atoms with Gasteiger partial charge in [0.2, 0.25) is 0 Å². The first-order valence-corrected chi connectivity index (χ1v) is 6.07. The van der Waals surface area contributed by atoms with E-state index in [9.17, 15) is 0 Å². The minimum atomic E-state index is -0.370. The van der Waals surface area contributed by atoms with Crippen LogP contribution in [0.25, 0.3) is 11.0 Å². The number of pyridine rings is 2. The molecule has 0 saturated carbocycles. The summed E-state index contributed by atoms with van der Waals surface area (Å²) in [5.74, 6) is 0.709. The second-order valence-corrected chi connectivity index (χ2v) is 5.52. The minimum absolute atomic E-state index is 0.370. The van der Waals surface area contributed by atoms with E-state index < -0.39 is 0 Å². The fourth-order valence-corrected chi connectivity index (χ4v) is 1.68. The van der Waals surface area contributed by atoms with Gasteiger partial charge >= 0.3 is 0 Å². The Morgan fingerprint density at radius 1 is 1.41 bits per heavy atom. The Bertz CT molecular complexity index is 537. The molecule has 0 aliphatic carbocycles. The molecule has 0 aliphatic rings. The second kappa shape index (κ2) is 4.58. The van der Waals surface area contributed by atoms with Gasteiger partial charge in [-0.2, -0.15) is 0 Å². The van der Waals surface area contributed by atoms with Crippen LogP contribution in [0.1, 0.15) is 13.8 Å². The molecule has 0 radical (unpaired) electrons. The van der Waals surface area contributed by atoms with E-state index in [4.69, 9.17) is 10.5 Å². The van der Waals surface area contributed by atoms with Crippen LogP contribution in [0.3, 0.4) is 0 Å². The summed E-state index contributed by atoms with van der Waals surface area (Å²) >= 11 is 3.36. The standard InChI is InChI=1S/C12H14BrN3O/c1-12(2,14)7-17-10-3-4-15-9-5-8(13)6-16-11(9)10/h3-6H,7,14H2,1-2H3. The highest BCUT2D eigenvalue weighted by Gasteiger charge is 2.13. The van der Waals surface area contributed by atoms with Gasteiger partial charge in [0.05, 0.1) is 5.52 Å². The van der Waals surface area contributed by atoms with E-state index in [0.29, 0.717) is 12.4 Å². The molecule has 17 heavy (non-hydrogen) atoms. The van der Waals surface area contributed by atoms with Gasteiger partial charge in [-0.15, -0.1) is 0 Å². The first-order chi connectivity index (χ1) is 7.96. The average molecular weight is 296 g/mol. The minimum Gasteiger partial charge on any atom is -0.489 e. The summed E-state index contributed by atoms with van der Waals surface area (Å²) in [7, 11) is 0. The van der Waals surface area contributed by atoms with Crippen molar-refractivity contribution < 1.29 is 4.74 Å². The Morgan fingerprint density at radius 3 is 2.88 bits per heavy atom. The van der Waals surface area contributed by atoms with Crippen molar-refractivity contribution in [2.45, 2.75) is 19.4 Å². The second-order valence-electron chi connectivity index (χ2n) is 4.61. The van der Waals surface area contributed by atoms with E-state index in [0.717, 1.165) is 15.5 Å². The zero-order valence-corrected chi connectivity index (χ0v) is 11.4. The number of rotatable bonds is 3. The highest BCUT2D eigenvalue weighted by molar-refractivity contribution is 9.10. The Kier molecular flexibility index (Phi) is 3.31. The van der Waals surface area contributed by atoms with Crippen molar-refractivity contribution in [3.8, 4) is 5.75 Å². The Labute approximate surface area is 108 Å². The maximum atomic E-state index is 5.88. The highest BCUT2D eigenvalue weighted by atomic mass is 79.9. The lowest BCUT2D eigenvalue weighted by molar-refractivity contribution is 0.245. The number of nitrogens with two attached hydrogens (primary N) is 1. The van der Waals surface area contributed by atoms with Gasteiger partial charge in [-0.1, -0.05) is 0 Å². The van der Waals surface area contributed by atoms with Crippen molar-refractivity contribution in [1.82, 2.24) is 9.97 Å². The summed E-state index contributed by atoms with van der Waals surface area (Å²) in [6.07, 6.45) is 3.43. The molecule has 2 aromatic rings. The molecule has 4 nitrogen and oxygen atoms in total. The predicted octanol–water partition coefficient (Wildman–Crippen LogP) is 2.51. The Balaban J connectivity index is 2.34. The maximum Gasteiger partial charge on any atom is 0.148 e.